The second-order valence-electron chi connectivity index (χ2n) is 4.25. The predicted octanol–water partition coefficient (Wildman–Crippen LogP) is 1.58. The highest BCUT2D eigenvalue weighted by molar-refractivity contribution is 7.70. The van der Waals surface area contributed by atoms with E-state index in [1.165, 1.54) is 11.3 Å². The normalized spacial score (nSPS) is 12.8. The van der Waals surface area contributed by atoms with Crippen LogP contribution in [-0.2, 0) is 9.13 Å². The predicted molar refractivity (Wildman–Crippen MR) is 77.9 cm³/mol. The largest absolute Gasteiger partial charge is 0.360 e. The molecule has 20 heavy (non-hydrogen) atoms. The standard InChI is InChI=1S/C9H16N2O6P2S/c1-5(2)8-6(3)11-9(20-8)10-4-7(18(12,13)14)19(15,16)17/h7H,1,4H2,2-3H3,(H,10,11)(H2,12,13,14)(H2,15,16,17). The van der Waals surface area contributed by atoms with Crippen LogP contribution in [0.3, 0.4) is 0 Å². The number of hydrogen-bond donors (Lipinski definition) is 5. The Kier molecular flexibility index (Phi) is 5.32. The highest BCUT2D eigenvalue weighted by Gasteiger charge is 2.43. The molecule has 0 saturated carbocycles. The van der Waals surface area contributed by atoms with E-state index in [4.69, 9.17) is 19.6 Å². The molecule has 11 heteroatoms. The van der Waals surface area contributed by atoms with Crippen LogP contribution in [0.15, 0.2) is 6.58 Å². The minimum atomic E-state index is -4.92. The highest BCUT2D eigenvalue weighted by atomic mass is 32.1. The van der Waals surface area contributed by atoms with Gasteiger partial charge in [-0.3, -0.25) is 9.13 Å². The molecule has 0 aliphatic heterocycles. The van der Waals surface area contributed by atoms with Crippen molar-refractivity contribution in [1.82, 2.24) is 4.98 Å². The molecule has 5 N–H and O–H groups in total. The van der Waals surface area contributed by atoms with Gasteiger partial charge in [0.05, 0.1) is 10.6 Å². The summed E-state index contributed by atoms with van der Waals surface area (Å²) >= 11 is 1.20. The Labute approximate surface area is 119 Å². The molecule has 1 rings (SSSR count). The van der Waals surface area contributed by atoms with Crippen LogP contribution in [0.25, 0.3) is 5.57 Å². The Hall–Kier alpha value is -0.530. The molecule has 0 aromatic carbocycles. The topological polar surface area (TPSA) is 140 Å². The molecule has 0 fully saturated rings. The number of hydrogen-bond acceptors (Lipinski definition) is 5. The number of nitrogens with zero attached hydrogens (tertiary/aromatic N) is 1. The molecular weight excluding hydrogens is 326 g/mol. The molecule has 1 heterocycles. The smallest absolute Gasteiger partial charge is 0.342 e. The fourth-order valence-electron chi connectivity index (χ4n) is 1.48. The van der Waals surface area contributed by atoms with Crippen molar-refractivity contribution in [3.05, 3.63) is 17.2 Å². The second-order valence-corrected chi connectivity index (χ2v) is 9.26. The van der Waals surface area contributed by atoms with E-state index in [1.54, 1.807) is 13.8 Å². The summed E-state index contributed by atoms with van der Waals surface area (Å²) in [6.45, 7) is 6.73. The van der Waals surface area contributed by atoms with E-state index < -0.39 is 27.1 Å². The number of anilines is 1. The SMILES string of the molecule is C=C(C)c1sc(NCC(P(=O)(O)O)P(=O)(O)O)nc1C. The van der Waals surface area contributed by atoms with Gasteiger partial charge in [0.25, 0.3) is 0 Å². The van der Waals surface area contributed by atoms with Gasteiger partial charge in [0.2, 0.25) is 0 Å². The molecule has 1 aromatic heterocycles. The molecule has 0 aliphatic rings. The lowest BCUT2D eigenvalue weighted by Crippen LogP contribution is -2.20. The molecule has 0 bridgehead atoms. The van der Waals surface area contributed by atoms with Crippen LogP contribution >= 0.6 is 26.5 Å². The number of rotatable bonds is 6. The zero-order valence-corrected chi connectivity index (χ0v) is 13.5. The maximum absolute atomic E-state index is 11.1. The van der Waals surface area contributed by atoms with Crippen molar-refractivity contribution in [3.8, 4) is 0 Å². The van der Waals surface area contributed by atoms with Crippen molar-refractivity contribution in [3.63, 3.8) is 0 Å². The summed E-state index contributed by atoms with van der Waals surface area (Å²) < 4.78 is 22.2. The zero-order valence-electron chi connectivity index (χ0n) is 10.8. The molecule has 0 atom stereocenters. The Bertz CT molecular complexity index is 582. The summed E-state index contributed by atoms with van der Waals surface area (Å²) in [5, 5.41) is 0.792. The monoisotopic (exact) mass is 342 g/mol. The minimum absolute atomic E-state index is 0.326. The van der Waals surface area contributed by atoms with E-state index >= 15 is 0 Å². The molecule has 0 amide bonds. The van der Waals surface area contributed by atoms with Crippen LogP contribution < -0.4 is 5.32 Å². The van der Waals surface area contributed by atoms with Gasteiger partial charge in [-0.05, 0) is 19.4 Å². The summed E-state index contributed by atoms with van der Waals surface area (Å²) in [5.41, 5.74) is 1.48. The number of aromatic nitrogens is 1. The van der Waals surface area contributed by atoms with Crippen LogP contribution in [0.2, 0.25) is 0 Å². The van der Waals surface area contributed by atoms with Crippen molar-refractivity contribution in [2.24, 2.45) is 0 Å². The van der Waals surface area contributed by atoms with E-state index in [0.29, 0.717) is 10.8 Å². The first-order valence-electron chi connectivity index (χ1n) is 5.40. The third-order valence-electron chi connectivity index (χ3n) is 2.40. The molecule has 0 radical (unpaired) electrons. The maximum Gasteiger partial charge on any atom is 0.342 e. The third-order valence-corrected chi connectivity index (χ3v) is 7.40. The van der Waals surface area contributed by atoms with Gasteiger partial charge in [-0.1, -0.05) is 17.9 Å². The lowest BCUT2D eigenvalue weighted by Gasteiger charge is -2.19. The van der Waals surface area contributed by atoms with Crippen LogP contribution in [-0.4, -0.2) is 36.5 Å². The van der Waals surface area contributed by atoms with Gasteiger partial charge in [-0.2, -0.15) is 0 Å². The van der Waals surface area contributed by atoms with E-state index in [1.807, 2.05) is 0 Å². The highest BCUT2D eigenvalue weighted by Crippen LogP contribution is 2.59. The fraction of sp³-hybridized carbons (Fsp3) is 0.444. The summed E-state index contributed by atoms with van der Waals surface area (Å²) in [6.07, 6.45) is 0. The minimum Gasteiger partial charge on any atom is -0.360 e. The van der Waals surface area contributed by atoms with Crippen molar-refractivity contribution < 1.29 is 28.7 Å². The lowest BCUT2D eigenvalue weighted by molar-refractivity contribution is 0.340. The van der Waals surface area contributed by atoms with Gasteiger partial charge in [-0.25, -0.2) is 4.98 Å². The van der Waals surface area contributed by atoms with Gasteiger partial charge >= 0.3 is 15.2 Å². The van der Waals surface area contributed by atoms with E-state index in [0.717, 1.165) is 10.5 Å². The van der Waals surface area contributed by atoms with E-state index in [-0.39, 0.29) is 0 Å². The first kappa shape index (κ1) is 17.5. The van der Waals surface area contributed by atoms with Gasteiger partial charge in [-0.15, -0.1) is 0 Å². The Morgan fingerprint density at radius 2 is 1.85 bits per heavy atom. The average Bonchev–Trinajstić information content (AvgIpc) is 2.55. The maximum atomic E-state index is 11.1. The van der Waals surface area contributed by atoms with E-state index in [2.05, 4.69) is 16.9 Å². The van der Waals surface area contributed by atoms with Crippen LogP contribution in [0, 0.1) is 6.92 Å². The number of nitrogens with one attached hydrogen (secondary N) is 1. The molecular formula is C9H16N2O6P2S. The number of aryl methyl sites for hydroxylation is 1. The van der Waals surface area contributed by atoms with Crippen LogP contribution in [0.5, 0.6) is 0 Å². The third kappa shape index (κ3) is 4.49. The quantitative estimate of drug-likeness (QED) is 0.491. The van der Waals surface area contributed by atoms with Crippen LogP contribution in [0.4, 0.5) is 5.13 Å². The molecule has 0 saturated heterocycles. The van der Waals surface area contributed by atoms with E-state index in [9.17, 15) is 9.13 Å². The summed E-state index contributed by atoms with van der Waals surface area (Å²) in [7, 11) is -9.85. The van der Waals surface area contributed by atoms with Crippen molar-refractivity contribution in [1.29, 1.82) is 0 Å². The molecule has 114 valence electrons. The zero-order chi connectivity index (χ0) is 15.7. The number of thiazole rings is 1. The average molecular weight is 342 g/mol. The van der Waals surface area contributed by atoms with Gasteiger partial charge in [0, 0.05) is 6.54 Å². The van der Waals surface area contributed by atoms with Crippen LogP contribution in [0.1, 0.15) is 17.5 Å². The number of allylic oxidation sites excluding steroid dienone is 1. The van der Waals surface area contributed by atoms with Crippen molar-refractivity contribution in [2.75, 3.05) is 11.9 Å². The van der Waals surface area contributed by atoms with Crippen molar-refractivity contribution >= 4 is 37.2 Å². The summed E-state index contributed by atoms with van der Waals surface area (Å²) in [6, 6.07) is 0. The van der Waals surface area contributed by atoms with Gasteiger partial charge < -0.3 is 24.9 Å². The lowest BCUT2D eigenvalue weighted by atomic mass is 10.2. The molecule has 8 nitrogen and oxygen atoms in total. The Morgan fingerprint density at radius 1 is 1.35 bits per heavy atom. The summed E-state index contributed by atoms with van der Waals surface area (Å²) in [5.74, 6) is 0. The first-order valence-corrected chi connectivity index (χ1v) is 9.58. The van der Waals surface area contributed by atoms with Gasteiger partial charge in [0.1, 0.15) is 0 Å². The molecule has 0 aliphatic carbocycles. The second kappa shape index (κ2) is 6.07. The molecule has 0 unspecified atom stereocenters. The Balaban J connectivity index is 2.89. The Morgan fingerprint density at radius 3 is 2.20 bits per heavy atom. The molecule has 0 spiro atoms. The summed E-state index contributed by atoms with van der Waals surface area (Å²) in [4.78, 5) is 40.9. The molecule has 1 aromatic rings. The first-order chi connectivity index (χ1) is 8.93. The van der Waals surface area contributed by atoms with Gasteiger partial charge in [0.15, 0.2) is 10.5 Å². The fourth-order valence-corrected chi connectivity index (χ4v) is 4.61. The van der Waals surface area contributed by atoms with Crippen molar-refractivity contribution in [2.45, 2.75) is 19.2 Å².